The third-order valence-electron chi connectivity index (χ3n) is 4.97. The SMILES string of the molecule is CC1(C)CCCC1C(=O)NC1CCCCCC1N. The predicted molar refractivity (Wildman–Crippen MR) is 74.1 cm³/mol. The fraction of sp³-hybridized carbons (Fsp3) is 0.933. The summed E-state index contributed by atoms with van der Waals surface area (Å²) in [5.41, 5.74) is 6.34. The fourth-order valence-electron chi connectivity index (χ4n) is 3.61. The van der Waals surface area contributed by atoms with E-state index in [9.17, 15) is 4.79 Å². The van der Waals surface area contributed by atoms with Crippen molar-refractivity contribution in [1.29, 1.82) is 0 Å². The molecule has 3 nitrogen and oxygen atoms in total. The highest BCUT2D eigenvalue weighted by atomic mass is 16.2. The van der Waals surface area contributed by atoms with Crippen LogP contribution in [0.15, 0.2) is 0 Å². The maximum Gasteiger partial charge on any atom is 0.223 e. The van der Waals surface area contributed by atoms with E-state index in [4.69, 9.17) is 5.73 Å². The molecule has 3 heteroatoms. The van der Waals surface area contributed by atoms with Crippen molar-refractivity contribution < 1.29 is 4.79 Å². The van der Waals surface area contributed by atoms with Gasteiger partial charge in [-0.1, -0.05) is 39.5 Å². The monoisotopic (exact) mass is 252 g/mol. The van der Waals surface area contributed by atoms with Crippen molar-refractivity contribution in [2.75, 3.05) is 0 Å². The zero-order valence-corrected chi connectivity index (χ0v) is 11.9. The maximum absolute atomic E-state index is 12.4. The zero-order chi connectivity index (χ0) is 13.2. The highest BCUT2D eigenvalue weighted by molar-refractivity contribution is 5.80. The molecule has 104 valence electrons. The number of hydrogen-bond acceptors (Lipinski definition) is 2. The van der Waals surface area contributed by atoms with Gasteiger partial charge in [-0.2, -0.15) is 0 Å². The van der Waals surface area contributed by atoms with Gasteiger partial charge in [0, 0.05) is 18.0 Å². The number of carbonyl (C=O) groups is 1. The van der Waals surface area contributed by atoms with Crippen LogP contribution in [0.1, 0.15) is 65.2 Å². The van der Waals surface area contributed by atoms with Crippen molar-refractivity contribution in [2.45, 2.75) is 77.3 Å². The van der Waals surface area contributed by atoms with Gasteiger partial charge in [-0.05, 0) is 31.1 Å². The molecule has 2 aliphatic rings. The lowest BCUT2D eigenvalue weighted by atomic mass is 9.81. The van der Waals surface area contributed by atoms with Gasteiger partial charge in [0.25, 0.3) is 0 Å². The molecule has 0 aromatic rings. The van der Waals surface area contributed by atoms with Crippen molar-refractivity contribution in [1.82, 2.24) is 5.32 Å². The van der Waals surface area contributed by atoms with Crippen LogP contribution in [-0.2, 0) is 4.79 Å². The Bertz CT molecular complexity index is 301. The van der Waals surface area contributed by atoms with Crippen molar-refractivity contribution in [3.8, 4) is 0 Å². The van der Waals surface area contributed by atoms with E-state index in [2.05, 4.69) is 19.2 Å². The molecule has 0 bridgehead atoms. The van der Waals surface area contributed by atoms with E-state index in [0.29, 0.717) is 0 Å². The van der Waals surface area contributed by atoms with Crippen LogP contribution < -0.4 is 11.1 Å². The van der Waals surface area contributed by atoms with Crippen LogP contribution >= 0.6 is 0 Å². The van der Waals surface area contributed by atoms with E-state index in [0.717, 1.165) is 19.3 Å². The number of hydrogen-bond donors (Lipinski definition) is 2. The van der Waals surface area contributed by atoms with Gasteiger partial charge in [-0.3, -0.25) is 4.79 Å². The predicted octanol–water partition coefficient (Wildman–Crippen LogP) is 2.59. The fourth-order valence-corrected chi connectivity index (χ4v) is 3.61. The second-order valence-corrected chi connectivity index (χ2v) is 6.85. The van der Waals surface area contributed by atoms with E-state index in [-0.39, 0.29) is 29.3 Å². The summed E-state index contributed by atoms with van der Waals surface area (Å²) in [7, 11) is 0. The Morgan fingerprint density at radius 1 is 1.11 bits per heavy atom. The van der Waals surface area contributed by atoms with Crippen LogP contribution in [0.3, 0.4) is 0 Å². The number of nitrogens with one attached hydrogen (secondary N) is 1. The molecule has 2 saturated carbocycles. The zero-order valence-electron chi connectivity index (χ0n) is 11.9. The second-order valence-electron chi connectivity index (χ2n) is 6.85. The lowest BCUT2D eigenvalue weighted by Gasteiger charge is -2.30. The van der Waals surface area contributed by atoms with Crippen LogP contribution in [0.5, 0.6) is 0 Å². The van der Waals surface area contributed by atoms with Crippen LogP contribution in [0.4, 0.5) is 0 Å². The van der Waals surface area contributed by atoms with Crippen molar-refractivity contribution >= 4 is 5.91 Å². The smallest absolute Gasteiger partial charge is 0.223 e. The van der Waals surface area contributed by atoms with Crippen LogP contribution in [0.2, 0.25) is 0 Å². The molecular formula is C15H28N2O. The Hall–Kier alpha value is -0.570. The molecule has 0 aliphatic heterocycles. The van der Waals surface area contributed by atoms with Gasteiger partial charge < -0.3 is 11.1 Å². The number of rotatable bonds is 2. The van der Waals surface area contributed by atoms with Gasteiger partial charge in [0.2, 0.25) is 5.91 Å². The third kappa shape index (κ3) is 3.05. The molecule has 0 saturated heterocycles. The van der Waals surface area contributed by atoms with Gasteiger partial charge in [0.15, 0.2) is 0 Å². The highest BCUT2D eigenvalue weighted by Crippen LogP contribution is 2.42. The van der Waals surface area contributed by atoms with E-state index in [1.165, 1.54) is 32.1 Å². The van der Waals surface area contributed by atoms with Crippen molar-refractivity contribution in [3.63, 3.8) is 0 Å². The molecule has 2 rings (SSSR count). The van der Waals surface area contributed by atoms with E-state index >= 15 is 0 Å². The number of amides is 1. The Morgan fingerprint density at radius 2 is 1.83 bits per heavy atom. The highest BCUT2D eigenvalue weighted by Gasteiger charge is 2.40. The van der Waals surface area contributed by atoms with Crippen LogP contribution in [0, 0.1) is 11.3 Å². The molecule has 0 heterocycles. The lowest BCUT2D eigenvalue weighted by molar-refractivity contribution is -0.128. The number of nitrogens with two attached hydrogens (primary N) is 1. The number of carbonyl (C=O) groups excluding carboxylic acids is 1. The summed E-state index contributed by atoms with van der Waals surface area (Å²) in [4.78, 5) is 12.4. The molecular weight excluding hydrogens is 224 g/mol. The van der Waals surface area contributed by atoms with Gasteiger partial charge in [-0.15, -0.1) is 0 Å². The molecule has 3 unspecified atom stereocenters. The molecule has 1 amide bonds. The minimum atomic E-state index is 0.154. The summed E-state index contributed by atoms with van der Waals surface area (Å²) in [6, 6.07) is 0.359. The molecule has 3 atom stereocenters. The topological polar surface area (TPSA) is 55.1 Å². The minimum Gasteiger partial charge on any atom is -0.352 e. The summed E-state index contributed by atoms with van der Waals surface area (Å²) in [6.07, 6.45) is 9.17. The Kier molecular flexibility index (Phi) is 4.31. The van der Waals surface area contributed by atoms with Crippen LogP contribution in [-0.4, -0.2) is 18.0 Å². The minimum absolute atomic E-state index is 0.154. The second kappa shape index (κ2) is 5.60. The summed E-state index contributed by atoms with van der Waals surface area (Å²) in [5, 5.41) is 3.24. The summed E-state index contributed by atoms with van der Waals surface area (Å²) >= 11 is 0. The Labute approximate surface area is 111 Å². The first-order chi connectivity index (χ1) is 8.50. The third-order valence-corrected chi connectivity index (χ3v) is 4.97. The van der Waals surface area contributed by atoms with Crippen molar-refractivity contribution in [2.24, 2.45) is 17.1 Å². The molecule has 0 radical (unpaired) electrons. The first-order valence-electron chi connectivity index (χ1n) is 7.57. The quantitative estimate of drug-likeness (QED) is 0.742. The summed E-state index contributed by atoms with van der Waals surface area (Å²) in [5.74, 6) is 0.438. The van der Waals surface area contributed by atoms with Gasteiger partial charge in [0.05, 0.1) is 0 Å². The molecule has 0 aromatic carbocycles. The van der Waals surface area contributed by atoms with Crippen LogP contribution in [0.25, 0.3) is 0 Å². The summed E-state index contributed by atoms with van der Waals surface area (Å²) < 4.78 is 0. The van der Waals surface area contributed by atoms with Gasteiger partial charge in [-0.25, -0.2) is 0 Å². The first-order valence-corrected chi connectivity index (χ1v) is 7.57. The average Bonchev–Trinajstić information content (AvgIpc) is 2.54. The maximum atomic E-state index is 12.4. The van der Waals surface area contributed by atoms with E-state index in [1.54, 1.807) is 0 Å². The Balaban J connectivity index is 1.93. The largest absolute Gasteiger partial charge is 0.352 e. The lowest BCUT2D eigenvalue weighted by Crippen LogP contribution is -2.50. The average molecular weight is 252 g/mol. The normalized spacial score (nSPS) is 36.1. The van der Waals surface area contributed by atoms with E-state index < -0.39 is 0 Å². The molecule has 18 heavy (non-hydrogen) atoms. The van der Waals surface area contributed by atoms with E-state index in [1.807, 2.05) is 0 Å². The molecule has 0 spiro atoms. The molecule has 0 aromatic heterocycles. The van der Waals surface area contributed by atoms with Crippen molar-refractivity contribution in [3.05, 3.63) is 0 Å². The molecule has 2 fully saturated rings. The molecule has 3 N–H and O–H groups in total. The van der Waals surface area contributed by atoms with Gasteiger partial charge in [0.1, 0.15) is 0 Å². The standard InChI is InChI=1S/C15H28N2O/c1-15(2)10-6-7-11(15)14(18)17-13-9-5-3-4-8-12(13)16/h11-13H,3-10,16H2,1-2H3,(H,17,18). The summed E-state index contributed by atoms with van der Waals surface area (Å²) in [6.45, 7) is 4.44. The Morgan fingerprint density at radius 3 is 2.50 bits per heavy atom. The molecule has 2 aliphatic carbocycles. The first kappa shape index (κ1) is 13.9. The van der Waals surface area contributed by atoms with Gasteiger partial charge >= 0.3 is 0 Å².